The molecule has 0 bridgehead atoms. The van der Waals surface area contributed by atoms with Crippen LogP contribution >= 0.6 is 12.4 Å². The van der Waals surface area contributed by atoms with E-state index in [1.54, 1.807) is 4.68 Å². The number of H-pyrrole nitrogens is 1. The second-order valence-corrected chi connectivity index (χ2v) is 7.35. The Hall–Kier alpha value is -1.86. The second-order valence-electron chi connectivity index (χ2n) is 7.35. The van der Waals surface area contributed by atoms with Gasteiger partial charge in [0.2, 0.25) is 5.91 Å². The van der Waals surface area contributed by atoms with E-state index < -0.39 is 0 Å². The number of nitrogens with one attached hydrogen (secondary N) is 3. The predicted molar refractivity (Wildman–Crippen MR) is 103 cm³/mol. The van der Waals surface area contributed by atoms with E-state index in [-0.39, 0.29) is 30.2 Å². The van der Waals surface area contributed by atoms with Crippen molar-refractivity contribution >= 4 is 24.1 Å². The Bertz CT molecular complexity index is 736. The van der Waals surface area contributed by atoms with Gasteiger partial charge in [-0.15, -0.1) is 12.4 Å². The number of carbonyl (C=O) groups is 1. The van der Waals surface area contributed by atoms with Crippen LogP contribution in [-0.4, -0.2) is 39.0 Å². The summed E-state index contributed by atoms with van der Waals surface area (Å²) in [5.41, 5.74) is 2.26. The second kappa shape index (κ2) is 8.22. The first-order valence-electron chi connectivity index (χ1n) is 9.26. The van der Waals surface area contributed by atoms with E-state index in [0.717, 1.165) is 17.8 Å². The molecular weight excluding hydrogens is 352 g/mol. The van der Waals surface area contributed by atoms with Gasteiger partial charge in [-0.25, -0.2) is 0 Å². The van der Waals surface area contributed by atoms with Gasteiger partial charge in [0.05, 0.1) is 12.1 Å². The van der Waals surface area contributed by atoms with Gasteiger partial charge >= 0.3 is 0 Å². The Balaban J connectivity index is 0.00000196. The number of hydrogen-bond donors (Lipinski definition) is 3. The average Bonchev–Trinajstić information content (AvgIpc) is 3.35. The summed E-state index contributed by atoms with van der Waals surface area (Å²) in [6.07, 6.45) is 10.2. The first-order chi connectivity index (χ1) is 12.2. The third-order valence-corrected chi connectivity index (χ3v) is 5.60. The number of amides is 1. The number of halogens is 1. The summed E-state index contributed by atoms with van der Waals surface area (Å²) in [5, 5.41) is 18.0. The van der Waals surface area contributed by atoms with Crippen molar-refractivity contribution in [2.45, 2.75) is 43.9 Å². The van der Waals surface area contributed by atoms with Crippen LogP contribution in [0.4, 0.5) is 5.82 Å². The van der Waals surface area contributed by atoms with Crippen molar-refractivity contribution < 1.29 is 4.79 Å². The van der Waals surface area contributed by atoms with E-state index in [1.807, 2.05) is 25.5 Å². The molecule has 2 fully saturated rings. The number of aromatic amines is 1. The van der Waals surface area contributed by atoms with Gasteiger partial charge in [0, 0.05) is 49.9 Å². The zero-order valence-corrected chi connectivity index (χ0v) is 15.9. The summed E-state index contributed by atoms with van der Waals surface area (Å²) in [6, 6.07) is 2.01. The monoisotopic (exact) mass is 378 g/mol. The zero-order chi connectivity index (χ0) is 17.2. The van der Waals surface area contributed by atoms with Crippen LogP contribution in [-0.2, 0) is 11.8 Å². The van der Waals surface area contributed by atoms with Crippen molar-refractivity contribution in [2.75, 3.05) is 18.4 Å². The van der Waals surface area contributed by atoms with Gasteiger partial charge in [-0.1, -0.05) is 19.3 Å². The summed E-state index contributed by atoms with van der Waals surface area (Å²) in [6.45, 7) is 1.49. The molecule has 1 aliphatic carbocycles. The summed E-state index contributed by atoms with van der Waals surface area (Å²) >= 11 is 0. The minimum atomic E-state index is -0.0981. The summed E-state index contributed by atoms with van der Waals surface area (Å²) in [5.74, 6) is 1.29. The molecule has 0 radical (unpaired) electrons. The van der Waals surface area contributed by atoms with Gasteiger partial charge in [0.15, 0.2) is 5.82 Å². The van der Waals surface area contributed by atoms with Gasteiger partial charge < -0.3 is 10.6 Å². The Morgan fingerprint density at radius 1 is 1.27 bits per heavy atom. The summed E-state index contributed by atoms with van der Waals surface area (Å²) in [4.78, 5) is 12.8. The topological polar surface area (TPSA) is 87.6 Å². The van der Waals surface area contributed by atoms with Crippen molar-refractivity contribution in [1.82, 2.24) is 25.3 Å². The fraction of sp³-hybridized carbons (Fsp3) is 0.611. The van der Waals surface area contributed by atoms with Crippen molar-refractivity contribution in [3.8, 4) is 0 Å². The molecule has 2 aromatic heterocycles. The Morgan fingerprint density at radius 2 is 2.08 bits per heavy atom. The first-order valence-corrected chi connectivity index (χ1v) is 9.26. The smallest absolute Gasteiger partial charge is 0.230 e. The minimum Gasteiger partial charge on any atom is -0.315 e. The molecule has 142 valence electrons. The quantitative estimate of drug-likeness (QED) is 0.763. The molecule has 2 aromatic rings. The highest BCUT2D eigenvalue weighted by molar-refractivity contribution is 5.92. The van der Waals surface area contributed by atoms with Gasteiger partial charge in [0.1, 0.15) is 0 Å². The SMILES string of the molecule is Cl.Cn1cc([C@H]2CNC[C@@H]2C(=O)Nc2cc(C3CCCCC3)[nH]n2)cn1. The molecular formula is C18H27ClN6O. The lowest BCUT2D eigenvalue weighted by molar-refractivity contribution is -0.119. The lowest BCUT2D eigenvalue weighted by Gasteiger charge is -2.19. The summed E-state index contributed by atoms with van der Waals surface area (Å²) in [7, 11) is 1.90. The van der Waals surface area contributed by atoms with Gasteiger partial charge in [0.25, 0.3) is 0 Å². The number of carbonyl (C=O) groups excluding carboxylic acids is 1. The highest BCUT2D eigenvalue weighted by Crippen LogP contribution is 2.33. The molecule has 1 amide bonds. The molecule has 26 heavy (non-hydrogen) atoms. The molecule has 1 aliphatic heterocycles. The van der Waals surface area contributed by atoms with E-state index in [4.69, 9.17) is 0 Å². The molecule has 8 heteroatoms. The number of nitrogens with zero attached hydrogens (tertiary/aromatic N) is 3. The summed E-state index contributed by atoms with van der Waals surface area (Å²) < 4.78 is 1.78. The average molecular weight is 379 g/mol. The molecule has 0 unspecified atom stereocenters. The van der Waals surface area contributed by atoms with E-state index in [9.17, 15) is 4.79 Å². The molecule has 2 aliphatic rings. The van der Waals surface area contributed by atoms with Crippen molar-refractivity contribution in [3.63, 3.8) is 0 Å². The van der Waals surface area contributed by atoms with Crippen molar-refractivity contribution in [1.29, 1.82) is 0 Å². The Kier molecular flexibility index (Phi) is 5.98. The number of aromatic nitrogens is 4. The predicted octanol–water partition coefficient (Wildman–Crippen LogP) is 2.55. The van der Waals surface area contributed by atoms with Crippen molar-refractivity contribution in [3.05, 3.63) is 29.7 Å². The number of anilines is 1. The van der Waals surface area contributed by atoms with Crippen LogP contribution in [0.3, 0.4) is 0 Å². The van der Waals surface area contributed by atoms with Gasteiger partial charge in [-0.2, -0.15) is 10.2 Å². The van der Waals surface area contributed by atoms with Crippen LogP contribution in [0.2, 0.25) is 0 Å². The third kappa shape index (κ3) is 3.94. The van der Waals surface area contributed by atoms with E-state index >= 15 is 0 Å². The van der Waals surface area contributed by atoms with Crippen LogP contribution in [0.5, 0.6) is 0 Å². The molecule has 2 atom stereocenters. The maximum absolute atomic E-state index is 12.8. The maximum Gasteiger partial charge on any atom is 0.230 e. The number of hydrogen-bond acceptors (Lipinski definition) is 4. The molecule has 1 saturated heterocycles. The van der Waals surface area contributed by atoms with Crippen molar-refractivity contribution in [2.24, 2.45) is 13.0 Å². The van der Waals surface area contributed by atoms with Crippen LogP contribution in [0.1, 0.15) is 55.2 Å². The highest BCUT2D eigenvalue weighted by Gasteiger charge is 2.35. The number of aryl methyl sites for hydroxylation is 1. The third-order valence-electron chi connectivity index (χ3n) is 5.60. The largest absolute Gasteiger partial charge is 0.315 e. The fourth-order valence-electron chi connectivity index (χ4n) is 4.18. The standard InChI is InChI=1S/C18H26N6O.ClH/c1-24-11-13(8-20-24)14-9-19-10-15(14)18(25)21-17-7-16(22-23-17)12-5-3-2-4-6-12;/h7-8,11-12,14-15,19H,2-6,9-10H2,1H3,(H2,21,22,23,25);1H/t14-,15+;/m1./s1. The first kappa shape index (κ1) is 18.9. The Labute approximate surface area is 159 Å². The van der Waals surface area contributed by atoms with E-state index in [2.05, 4.69) is 25.9 Å². The molecule has 1 saturated carbocycles. The van der Waals surface area contributed by atoms with Gasteiger partial charge in [-0.05, 0) is 18.4 Å². The fourth-order valence-corrected chi connectivity index (χ4v) is 4.18. The van der Waals surface area contributed by atoms with Crippen LogP contribution < -0.4 is 10.6 Å². The van der Waals surface area contributed by atoms with Gasteiger partial charge in [-0.3, -0.25) is 14.6 Å². The lowest BCUT2D eigenvalue weighted by atomic mass is 9.87. The van der Waals surface area contributed by atoms with E-state index in [1.165, 1.54) is 32.1 Å². The normalized spacial score (nSPS) is 23.6. The van der Waals surface area contributed by atoms with Crippen LogP contribution in [0.15, 0.2) is 18.5 Å². The highest BCUT2D eigenvalue weighted by atomic mass is 35.5. The molecule has 0 spiro atoms. The molecule has 7 nitrogen and oxygen atoms in total. The maximum atomic E-state index is 12.8. The molecule has 3 heterocycles. The molecule has 3 N–H and O–H groups in total. The van der Waals surface area contributed by atoms with Crippen LogP contribution in [0.25, 0.3) is 0 Å². The molecule has 4 rings (SSSR count). The minimum absolute atomic E-state index is 0. The molecule has 0 aromatic carbocycles. The Morgan fingerprint density at radius 3 is 2.81 bits per heavy atom. The zero-order valence-electron chi connectivity index (χ0n) is 15.1. The van der Waals surface area contributed by atoms with E-state index in [0.29, 0.717) is 18.3 Å². The lowest BCUT2D eigenvalue weighted by Crippen LogP contribution is -2.28. The number of rotatable bonds is 4. The van der Waals surface area contributed by atoms with Crippen LogP contribution in [0, 0.1) is 5.92 Å².